The minimum atomic E-state index is -0.157. The Labute approximate surface area is 123 Å². The first kappa shape index (κ1) is 14.7. The van der Waals surface area contributed by atoms with Gasteiger partial charge in [-0.3, -0.25) is 0 Å². The zero-order chi connectivity index (χ0) is 14.0. The molecular formula is C15H22BrNO2. The molecule has 0 aromatic heterocycles. The van der Waals surface area contributed by atoms with Gasteiger partial charge in [-0.2, -0.15) is 0 Å². The SMILES string of the molecule is CCCNC1CC(C)(C)Oc2c(Br)cc(OC)cc21. The van der Waals surface area contributed by atoms with Crippen LogP contribution in [0.2, 0.25) is 0 Å². The Morgan fingerprint density at radius 2 is 2.21 bits per heavy atom. The van der Waals surface area contributed by atoms with Crippen LogP contribution < -0.4 is 14.8 Å². The van der Waals surface area contributed by atoms with Crippen molar-refractivity contribution >= 4 is 15.9 Å². The fourth-order valence-electron chi connectivity index (χ4n) is 2.49. The summed E-state index contributed by atoms with van der Waals surface area (Å²) in [6, 6.07) is 4.34. The molecule has 3 nitrogen and oxygen atoms in total. The van der Waals surface area contributed by atoms with Crippen molar-refractivity contribution in [2.24, 2.45) is 0 Å². The van der Waals surface area contributed by atoms with Gasteiger partial charge < -0.3 is 14.8 Å². The highest BCUT2D eigenvalue weighted by Gasteiger charge is 2.35. The molecule has 0 radical (unpaired) electrons. The molecule has 0 fully saturated rings. The Hall–Kier alpha value is -0.740. The molecule has 1 aromatic rings. The summed E-state index contributed by atoms with van der Waals surface area (Å²) in [6.07, 6.45) is 2.08. The molecule has 0 spiro atoms. The van der Waals surface area contributed by atoms with Gasteiger partial charge in [-0.15, -0.1) is 0 Å². The molecule has 4 heteroatoms. The Morgan fingerprint density at radius 3 is 2.84 bits per heavy atom. The molecular weight excluding hydrogens is 306 g/mol. The molecule has 1 N–H and O–H groups in total. The standard InChI is InChI=1S/C15H22BrNO2/c1-5-6-17-13-9-15(2,3)19-14-11(13)7-10(18-4)8-12(14)16/h7-8,13,17H,5-6,9H2,1-4H3. The lowest BCUT2D eigenvalue weighted by atomic mass is 9.89. The number of fused-ring (bicyclic) bond motifs is 1. The van der Waals surface area contributed by atoms with Crippen molar-refractivity contribution in [3.05, 3.63) is 22.2 Å². The van der Waals surface area contributed by atoms with Gasteiger partial charge in [-0.05, 0) is 54.9 Å². The van der Waals surface area contributed by atoms with E-state index < -0.39 is 0 Å². The number of hydrogen-bond acceptors (Lipinski definition) is 3. The van der Waals surface area contributed by atoms with E-state index in [0.29, 0.717) is 6.04 Å². The molecule has 0 saturated carbocycles. The topological polar surface area (TPSA) is 30.5 Å². The second kappa shape index (κ2) is 5.71. The normalized spacial score (nSPS) is 20.6. The molecule has 1 unspecified atom stereocenters. The first-order valence-corrected chi connectivity index (χ1v) is 7.56. The van der Waals surface area contributed by atoms with E-state index in [-0.39, 0.29) is 5.60 Å². The van der Waals surface area contributed by atoms with Gasteiger partial charge in [-0.1, -0.05) is 6.92 Å². The van der Waals surface area contributed by atoms with Gasteiger partial charge in [0.2, 0.25) is 0 Å². The van der Waals surface area contributed by atoms with Gasteiger partial charge >= 0.3 is 0 Å². The first-order valence-electron chi connectivity index (χ1n) is 6.76. The second-order valence-corrected chi connectivity index (χ2v) is 6.45. The minimum absolute atomic E-state index is 0.157. The summed E-state index contributed by atoms with van der Waals surface area (Å²) >= 11 is 3.59. The number of methoxy groups -OCH3 is 1. The van der Waals surface area contributed by atoms with Gasteiger partial charge in [0.25, 0.3) is 0 Å². The van der Waals surface area contributed by atoms with Crippen molar-refractivity contribution < 1.29 is 9.47 Å². The predicted octanol–water partition coefficient (Wildman–Crippen LogP) is 4.06. The average Bonchev–Trinajstić information content (AvgIpc) is 2.36. The van der Waals surface area contributed by atoms with Gasteiger partial charge in [0.15, 0.2) is 0 Å². The molecule has 0 saturated heterocycles. The second-order valence-electron chi connectivity index (χ2n) is 5.60. The fraction of sp³-hybridized carbons (Fsp3) is 0.600. The summed E-state index contributed by atoms with van der Waals surface area (Å²) in [4.78, 5) is 0. The zero-order valence-corrected chi connectivity index (χ0v) is 13.6. The van der Waals surface area contributed by atoms with Gasteiger partial charge in [0, 0.05) is 18.0 Å². The van der Waals surface area contributed by atoms with Gasteiger partial charge in [0.1, 0.15) is 17.1 Å². The summed E-state index contributed by atoms with van der Waals surface area (Å²) in [5.74, 6) is 1.79. The number of rotatable bonds is 4. The van der Waals surface area contributed by atoms with Crippen LogP contribution >= 0.6 is 15.9 Å². The molecule has 1 aliphatic heterocycles. The molecule has 1 atom stereocenters. The summed E-state index contributed by atoms with van der Waals surface area (Å²) in [5, 5.41) is 3.61. The third-order valence-corrected chi connectivity index (χ3v) is 3.96. The number of ether oxygens (including phenoxy) is 2. The molecule has 106 valence electrons. The Bertz CT molecular complexity index is 460. The number of hydrogen-bond donors (Lipinski definition) is 1. The Kier molecular flexibility index (Phi) is 4.41. The van der Waals surface area contributed by atoms with Crippen LogP contribution in [0.3, 0.4) is 0 Å². The zero-order valence-electron chi connectivity index (χ0n) is 12.0. The van der Waals surface area contributed by atoms with E-state index in [1.807, 2.05) is 6.07 Å². The number of nitrogens with one attached hydrogen (secondary N) is 1. The van der Waals surface area contributed by atoms with Crippen molar-refractivity contribution in [1.82, 2.24) is 5.32 Å². The lowest BCUT2D eigenvalue weighted by Crippen LogP contribution is -2.39. The van der Waals surface area contributed by atoms with E-state index >= 15 is 0 Å². The molecule has 0 bridgehead atoms. The maximum Gasteiger partial charge on any atom is 0.139 e. The van der Waals surface area contributed by atoms with Crippen molar-refractivity contribution in [1.29, 1.82) is 0 Å². The summed E-state index contributed by atoms with van der Waals surface area (Å²) in [5.41, 5.74) is 1.02. The van der Waals surface area contributed by atoms with Crippen molar-refractivity contribution in [2.75, 3.05) is 13.7 Å². The quantitative estimate of drug-likeness (QED) is 0.904. The lowest BCUT2D eigenvalue weighted by molar-refractivity contribution is 0.0649. The van der Waals surface area contributed by atoms with Crippen molar-refractivity contribution in [2.45, 2.75) is 45.3 Å². The summed E-state index contributed by atoms with van der Waals surface area (Å²) < 4.78 is 12.4. The molecule has 0 aliphatic carbocycles. The summed E-state index contributed by atoms with van der Waals surface area (Å²) in [7, 11) is 1.69. The Morgan fingerprint density at radius 1 is 1.47 bits per heavy atom. The highest BCUT2D eigenvalue weighted by atomic mass is 79.9. The molecule has 1 aromatic carbocycles. The lowest BCUT2D eigenvalue weighted by Gasteiger charge is -2.38. The van der Waals surface area contributed by atoms with Gasteiger partial charge in [0.05, 0.1) is 11.6 Å². The molecule has 1 heterocycles. The van der Waals surface area contributed by atoms with Crippen molar-refractivity contribution in [3.63, 3.8) is 0 Å². The van der Waals surface area contributed by atoms with E-state index in [1.165, 1.54) is 5.56 Å². The van der Waals surface area contributed by atoms with Crippen LogP contribution in [0.4, 0.5) is 0 Å². The smallest absolute Gasteiger partial charge is 0.139 e. The molecule has 19 heavy (non-hydrogen) atoms. The van der Waals surface area contributed by atoms with E-state index in [9.17, 15) is 0 Å². The van der Waals surface area contributed by atoms with E-state index in [2.05, 4.69) is 48.1 Å². The maximum absolute atomic E-state index is 6.12. The third-order valence-electron chi connectivity index (χ3n) is 3.37. The molecule has 1 aliphatic rings. The Balaban J connectivity index is 2.41. The summed E-state index contributed by atoms with van der Waals surface area (Å²) in [6.45, 7) is 7.45. The van der Waals surface area contributed by atoms with Crippen LogP contribution in [-0.4, -0.2) is 19.3 Å². The first-order chi connectivity index (χ1) is 8.96. The largest absolute Gasteiger partial charge is 0.497 e. The average molecular weight is 328 g/mol. The van der Waals surface area contributed by atoms with E-state index in [0.717, 1.165) is 35.4 Å². The van der Waals surface area contributed by atoms with Crippen LogP contribution in [0, 0.1) is 0 Å². The molecule has 2 rings (SSSR count). The van der Waals surface area contributed by atoms with E-state index in [1.54, 1.807) is 7.11 Å². The van der Waals surface area contributed by atoms with E-state index in [4.69, 9.17) is 9.47 Å². The van der Waals surface area contributed by atoms with Gasteiger partial charge in [-0.25, -0.2) is 0 Å². The van der Waals surface area contributed by atoms with Crippen LogP contribution in [0.25, 0.3) is 0 Å². The maximum atomic E-state index is 6.12. The van der Waals surface area contributed by atoms with Crippen LogP contribution in [0.1, 0.15) is 45.2 Å². The predicted molar refractivity (Wildman–Crippen MR) is 81.1 cm³/mol. The third kappa shape index (κ3) is 3.23. The highest BCUT2D eigenvalue weighted by molar-refractivity contribution is 9.10. The number of halogens is 1. The highest BCUT2D eigenvalue weighted by Crippen LogP contribution is 2.45. The van der Waals surface area contributed by atoms with Crippen LogP contribution in [-0.2, 0) is 0 Å². The molecule has 0 amide bonds. The monoisotopic (exact) mass is 327 g/mol. The van der Waals surface area contributed by atoms with Crippen molar-refractivity contribution in [3.8, 4) is 11.5 Å². The van der Waals surface area contributed by atoms with Crippen LogP contribution in [0.5, 0.6) is 11.5 Å². The minimum Gasteiger partial charge on any atom is -0.497 e. The van der Waals surface area contributed by atoms with Crippen LogP contribution in [0.15, 0.2) is 16.6 Å². The number of benzene rings is 1. The fourth-order valence-corrected chi connectivity index (χ4v) is 3.03.